The van der Waals surface area contributed by atoms with E-state index in [0.29, 0.717) is 31.9 Å². The minimum absolute atomic E-state index is 0.229. The molecule has 0 aliphatic carbocycles. The van der Waals surface area contributed by atoms with Gasteiger partial charge in [0.2, 0.25) is 0 Å². The van der Waals surface area contributed by atoms with E-state index in [1.807, 2.05) is 0 Å². The van der Waals surface area contributed by atoms with Crippen molar-refractivity contribution in [3.05, 3.63) is 98.2 Å². The minimum Gasteiger partial charge on any atom is -0.496 e. The van der Waals surface area contributed by atoms with Crippen LogP contribution in [-0.4, -0.2) is 25.0 Å². The van der Waals surface area contributed by atoms with E-state index in [1.54, 1.807) is 42.5 Å². The Morgan fingerprint density at radius 1 is 1.09 bits per heavy atom. The third-order valence-corrected chi connectivity index (χ3v) is 6.14. The summed E-state index contributed by atoms with van der Waals surface area (Å²) < 4.78 is 20.3. The Balaban J connectivity index is 1.72. The molecule has 1 aliphatic heterocycles. The Labute approximate surface area is 208 Å². The van der Waals surface area contributed by atoms with E-state index in [2.05, 4.69) is 21.2 Å². The van der Waals surface area contributed by atoms with Crippen LogP contribution < -0.4 is 15.0 Å². The highest BCUT2D eigenvalue weighted by molar-refractivity contribution is 9.10. The molecule has 9 heteroatoms. The summed E-state index contributed by atoms with van der Waals surface area (Å²) in [6.45, 7) is 0. The predicted octanol–water partition coefficient (Wildman–Crippen LogP) is 5.51. The van der Waals surface area contributed by atoms with E-state index in [9.17, 15) is 18.8 Å². The molecule has 172 valence electrons. The fourth-order valence-corrected chi connectivity index (χ4v) is 4.36. The highest BCUT2D eigenvalue weighted by Gasteiger charge is 2.37. The van der Waals surface area contributed by atoms with Crippen molar-refractivity contribution in [2.24, 2.45) is 0 Å². The van der Waals surface area contributed by atoms with E-state index < -0.39 is 17.8 Å². The Morgan fingerprint density at radius 2 is 1.85 bits per heavy atom. The SMILES string of the molecule is COc1cc(/C=C2\C(=O)NC(=O)N(c3cccc(Cl)c3)C2=O)cc(Br)c1Cc1ccccc1F. The number of barbiturate groups is 1. The zero-order valence-corrected chi connectivity index (χ0v) is 20.1. The van der Waals surface area contributed by atoms with Crippen molar-refractivity contribution in [2.75, 3.05) is 12.0 Å². The third-order valence-electron chi connectivity index (χ3n) is 5.20. The summed E-state index contributed by atoms with van der Waals surface area (Å²) in [5.41, 5.74) is 1.65. The van der Waals surface area contributed by atoms with Gasteiger partial charge in [0.25, 0.3) is 11.8 Å². The van der Waals surface area contributed by atoms with Crippen LogP contribution in [0.25, 0.3) is 6.08 Å². The maximum Gasteiger partial charge on any atom is 0.335 e. The van der Waals surface area contributed by atoms with E-state index in [-0.39, 0.29) is 23.5 Å². The van der Waals surface area contributed by atoms with Gasteiger partial charge in [-0.1, -0.05) is 51.8 Å². The molecule has 1 fully saturated rings. The topological polar surface area (TPSA) is 75.7 Å². The summed E-state index contributed by atoms with van der Waals surface area (Å²) >= 11 is 9.48. The lowest BCUT2D eigenvalue weighted by Crippen LogP contribution is -2.54. The number of anilines is 1. The number of carbonyl (C=O) groups excluding carboxylic acids is 3. The molecule has 4 amide bonds. The number of benzene rings is 3. The Kier molecular flexibility index (Phi) is 6.81. The van der Waals surface area contributed by atoms with Gasteiger partial charge in [0.05, 0.1) is 12.8 Å². The quantitative estimate of drug-likeness (QED) is 0.340. The lowest BCUT2D eigenvalue weighted by molar-refractivity contribution is -0.122. The molecule has 34 heavy (non-hydrogen) atoms. The molecule has 0 bridgehead atoms. The number of nitrogens with one attached hydrogen (secondary N) is 1. The van der Waals surface area contributed by atoms with Gasteiger partial charge in [0, 0.05) is 21.5 Å². The average Bonchev–Trinajstić information content (AvgIpc) is 2.79. The van der Waals surface area contributed by atoms with Gasteiger partial charge in [-0.2, -0.15) is 0 Å². The number of hydrogen-bond acceptors (Lipinski definition) is 4. The van der Waals surface area contributed by atoms with Gasteiger partial charge in [-0.05, 0) is 53.6 Å². The number of hydrogen-bond donors (Lipinski definition) is 1. The number of urea groups is 1. The molecule has 1 aliphatic rings. The van der Waals surface area contributed by atoms with Crippen LogP contribution in [0.4, 0.5) is 14.9 Å². The van der Waals surface area contributed by atoms with Crippen LogP contribution in [0.15, 0.2) is 70.7 Å². The second-order valence-corrected chi connectivity index (χ2v) is 8.68. The van der Waals surface area contributed by atoms with Crippen molar-refractivity contribution >= 4 is 57.1 Å². The maximum absolute atomic E-state index is 14.2. The molecular weight excluding hydrogens is 527 g/mol. The van der Waals surface area contributed by atoms with E-state index in [1.165, 1.54) is 31.4 Å². The number of ether oxygens (including phenoxy) is 1. The molecule has 0 aromatic heterocycles. The fourth-order valence-electron chi connectivity index (χ4n) is 3.57. The van der Waals surface area contributed by atoms with Gasteiger partial charge in [0.1, 0.15) is 17.1 Å². The van der Waals surface area contributed by atoms with Crippen molar-refractivity contribution in [2.45, 2.75) is 6.42 Å². The summed E-state index contributed by atoms with van der Waals surface area (Å²) in [6, 6.07) is 15.1. The third kappa shape index (κ3) is 4.73. The highest BCUT2D eigenvalue weighted by atomic mass is 79.9. The van der Waals surface area contributed by atoms with Crippen LogP contribution in [0, 0.1) is 5.82 Å². The monoisotopic (exact) mass is 542 g/mol. The Morgan fingerprint density at radius 3 is 2.56 bits per heavy atom. The standard InChI is InChI=1S/C25H17BrClFN2O4/c1-34-22-11-14(10-20(26)18(22)12-15-5-2-3-8-21(15)28)9-19-23(31)29-25(33)30(24(19)32)17-7-4-6-16(27)13-17/h2-11,13H,12H2,1H3,(H,29,31,33)/b19-9+. The smallest absolute Gasteiger partial charge is 0.335 e. The van der Waals surface area contributed by atoms with Gasteiger partial charge in [-0.15, -0.1) is 0 Å². The van der Waals surface area contributed by atoms with Crippen LogP contribution in [0.2, 0.25) is 5.02 Å². The zero-order valence-electron chi connectivity index (χ0n) is 17.8. The Bertz CT molecular complexity index is 1360. The summed E-state index contributed by atoms with van der Waals surface area (Å²) in [7, 11) is 1.47. The molecule has 1 saturated heterocycles. The molecule has 0 unspecified atom stereocenters. The number of methoxy groups -OCH3 is 1. The summed E-state index contributed by atoms with van der Waals surface area (Å²) in [4.78, 5) is 38.8. The second-order valence-electron chi connectivity index (χ2n) is 7.39. The fraction of sp³-hybridized carbons (Fsp3) is 0.0800. The normalized spacial score (nSPS) is 15.0. The van der Waals surface area contributed by atoms with E-state index >= 15 is 0 Å². The van der Waals surface area contributed by atoms with Gasteiger partial charge in [-0.25, -0.2) is 14.1 Å². The van der Waals surface area contributed by atoms with Gasteiger partial charge in [0.15, 0.2) is 0 Å². The summed E-state index contributed by atoms with van der Waals surface area (Å²) in [5, 5.41) is 2.51. The number of halogens is 3. The summed E-state index contributed by atoms with van der Waals surface area (Å²) in [6.07, 6.45) is 1.63. The first-order valence-corrected chi connectivity index (χ1v) is 11.2. The summed E-state index contributed by atoms with van der Waals surface area (Å²) in [5.74, 6) is -1.51. The molecule has 0 spiro atoms. The number of rotatable bonds is 5. The van der Waals surface area contributed by atoms with Crippen molar-refractivity contribution in [3.63, 3.8) is 0 Å². The van der Waals surface area contributed by atoms with Crippen LogP contribution in [0.1, 0.15) is 16.7 Å². The first kappa shape index (κ1) is 23.7. The first-order chi connectivity index (χ1) is 16.3. The molecule has 3 aromatic carbocycles. The number of nitrogens with zero attached hydrogens (tertiary/aromatic N) is 1. The molecule has 6 nitrogen and oxygen atoms in total. The first-order valence-electron chi connectivity index (χ1n) is 10.1. The maximum atomic E-state index is 14.2. The molecule has 3 aromatic rings. The number of carbonyl (C=O) groups is 3. The van der Waals surface area contributed by atoms with E-state index in [0.717, 1.165) is 4.90 Å². The lowest BCUT2D eigenvalue weighted by Gasteiger charge is -2.26. The van der Waals surface area contributed by atoms with Crippen molar-refractivity contribution < 1.29 is 23.5 Å². The number of amides is 4. The largest absolute Gasteiger partial charge is 0.496 e. The lowest BCUT2D eigenvalue weighted by atomic mass is 10.00. The van der Waals surface area contributed by atoms with Crippen LogP contribution in [-0.2, 0) is 16.0 Å². The van der Waals surface area contributed by atoms with Crippen LogP contribution >= 0.6 is 27.5 Å². The predicted molar refractivity (Wildman–Crippen MR) is 130 cm³/mol. The van der Waals surface area contributed by atoms with Crippen molar-refractivity contribution in [1.82, 2.24) is 5.32 Å². The zero-order chi connectivity index (χ0) is 24.4. The molecule has 0 radical (unpaired) electrons. The Hall–Kier alpha value is -3.49. The molecule has 1 N–H and O–H groups in total. The van der Waals surface area contributed by atoms with Crippen molar-refractivity contribution in [3.8, 4) is 5.75 Å². The molecule has 0 saturated carbocycles. The minimum atomic E-state index is -0.867. The molecule has 1 heterocycles. The van der Waals surface area contributed by atoms with Crippen LogP contribution in [0.5, 0.6) is 5.75 Å². The van der Waals surface area contributed by atoms with Gasteiger partial charge >= 0.3 is 6.03 Å². The van der Waals surface area contributed by atoms with Crippen molar-refractivity contribution in [1.29, 1.82) is 0 Å². The average molecular weight is 544 g/mol. The molecular formula is C25H17BrClFN2O4. The van der Waals surface area contributed by atoms with Crippen LogP contribution in [0.3, 0.4) is 0 Å². The van der Waals surface area contributed by atoms with Gasteiger partial charge < -0.3 is 4.74 Å². The molecule has 0 atom stereocenters. The highest BCUT2D eigenvalue weighted by Crippen LogP contribution is 2.33. The van der Waals surface area contributed by atoms with Gasteiger partial charge in [-0.3, -0.25) is 14.9 Å². The number of imide groups is 2. The molecule has 4 rings (SSSR count). The van der Waals surface area contributed by atoms with E-state index in [4.69, 9.17) is 16.3 Å². The second kappa shape index (κ2) is 9.79.